The van der Waals surface area contributed by atoms with Crippen LogP contribution in [0.4, 0.5) is 11.6 Å². The van der Waals surface area contributed by atoms with Crippen molar-refractivity contribution < 1.29 is 14.3 Å². The van der Waals surface area contributed by atoms with Crippen LogP contribution in [0.15, 0.2) is 6.07 Å². The van der Waals surface area contributed by atoms with Gasteiger partial charge in [0, 0.05) is 13.2 Å². The lowest BCUT2D eigenvalue weighted by atomic mass is 10.3. The van der Waals surface area contributed by atoms with Crippen molar-refractivity contribution in [3.8, 4) is 0 Å². The van der Waals surface area contributed by atoms with E-state index in [0.717, 1.165) is 0 Å². The first kappa shape index (κ1) is 14.1. The normalized spacial score (nSPS) is 11.8. The molecule has 18 heavy (non-hydrogen) atoms. The first-order chi connectivity index (χ1) is 8.60. The fraction of sp³-hybridized carbons (Fsp3) is 0.500. The molecule has 1 atom stereocenters. The van der Waals surface area contributed by atoms with E-state index in [1.807, 2.05) is 0 Å². The summed E-state index contributed by atoms with van der Waals surface area (Å²) in [5.74, 6) is 6.25. The number of aromatic nitrogens is 2. The van der Waals surface area contributed by atoms with Crippen LogP contribution in [0.25, 0.3) is 0 Å². The van der Waals surface area contributed by atoms with E-state index in [1.54, 1.807) is 13.0 Å². The number of carbonyl (C=O) groups excluding carboxylic acids is 1. The first-order valence-corrected chi connectivity index (χ1v) is 5.28. The minimum atomic E-state index is -0.522. The summed E-state index contributed by atoms with van der Waals surface area (Å²) < 4.78 is 9.55. The van der Waals surface area contributed by atoms with E-state index in [-0.39, 0.29) is 12.6 Å². The van der Waals surface area contributed by atoms with Gasteiger partial charge in [0.15, 0.2) is 5.82 Å². The Balaban J connectivity index is 2.86. The summed E-state index contributed by atoms with van der Waals surface area (Å²) in [6.45, 7) is 1.91. The molecule has 8 nitrogen and oxygen atoms in total. The summed E-state index contributed by atoms with van der Waals surface area (Å²) in [5, 5.41) is 2.89. The van der Waals surface area contributed by atoms with Crippen LogP contribution in [0.1, 0.15) is 12.7 Å². The molecular formula is C10H17N5O3. The molecule has 100 valence electrons. The Morgan fingerprint density at radius 1 is 1.44 bits per heavy atom. The van der Waals surface area contributed by atoms with Gasteiger partial charge in [-0.3, -0.25) is 0 Å². The number of anilines is 2. The Morgan fingerprint density at radius 2 is 2.11 bits per heavy atom. The number of nitrogens with one attached hydrogen (secondary N) is 2. The van der Waals surface area contributed by atoms with Crippen LogP contribution in [-0.2, 0) is 20.9 Å². The van der Waals surface area contributed by atoms with Crippen LogP contribution in [-0.4, -0.2) is 36.2 Å². The lowest BCUT2D eigenvalue weighted by molar-refractivity contribution is -0.141. The summed E-state index contributed by atoms with van der Waals surface area (Å²) in [7, 11) is 2.86. The zero-order valence-electron chi connectivity index (χ0n) is 10.6. The van der Waals surface area contributed by atoms with Crippen LogP contribution >= 0.6 is 0 Å². The van der Waals surface area contributed by atoms with E-state index >= 15 is 0 Å². The van der Waals surface area contributed by atoms with Gasteiger partial charge in [-0.05, 0) is 6.92 Å². The van der Waals surface area contributed by atoms with Gasteiger partial charge >= 0.3 is 5.97 Å². The van der Waals surface area contributed by atoms with E-state index in [0.29, 0.717) is 17.5 Å². The summed E-state index contributed by atoms with van der Waals surface area (Å²) in [6, 6.07) is 1.06. The molecule has 1 aromatic heterocycles. The topological polar surface area (TPSA) is 111 Å². The number of rotatable bonds is 6. The molecule has 0 radical (unpaired) electrons. The van der Waals surface area contributed by atoms with E-state index in [1.165, 1.54) is 14.2 Å². The minimum absolute atomic E-state index is 0.247. The Kier molecular flexibility index (Phi) is 5.28. The van der Waals surface area contributed by atoms with Crippen molar-refractivity contribution in [1.82, 2.24) is 9.97 Å². The van der Waals surface area contributed by atoms with Gasteiger partial charge in [0.1, 0.15) is 24.3 Å². The number of esters is 1. The monoisotopic (exact) mass is 255 g/mol. The molecule has 0 aliphatic heterocycles. The van der Waals surface area contributed by atoms with Gasteiger partial charge in [0.05, 0.1) is 7.11 Å². The van der Waals surface area contributed by atoms with Gasteiger partial charge in [-0.25, -0.2) is 20.6 Å². The molecule has 0 aromatic carbocycles. The average molecular weight is 255 g/mol. The molecule has 0 aliphatic rings. The highest BCUT2D eigenvalue weighted by Crippen LogP contribution is 2.12. The molecule has 0 aliphatic carbocycles. The highest BCUT2D eigenvalue weighted by Gasteiger charge is 2.14. The number of nitrogens with zero attached hydrogens (tertiary/aromatic N) is 2. The third-order valence-corrected chi connectivity index (χ3v) is 2.11. The Labute approximate surface area is 105 Å². The van der Waals surface area contributed by atoms with Gasteiger partial charge in [-0.2, -0.15) is 0 Å². The number of nitrogens with two attached hydrogens (primary N) is 1. The van der Waals surface area contributed by atoms with Gasteiger partial charge in [-0.1, -0.05) is 0 Å². The standard InChI is InChI=1S/C10H17N5O3/c1-6(10(16)18-3)12-7-4-8(15-11)14-9(13-7)5-17-2/h4,6H,5,11H2,1-3H3,(H2,12,13,14,15). The zero-order valence-corrected chi connectivity index (χ0v) is 10.6. The predicted octanol–water partition coefficient (Wildman–Crippen LogP) is -0.118. The Hall–Kier alpha value is -1.93. The third-order valence-electron chi connectivity index (χ3n) is 2.11. The summed E-state index contributed by atoms with van der Waals surface area (Å²) in [4.78, 5) is 19.6. The lowest BCUT2D eigenvalue weighted by Gasteiger charge is -2.13. The van der Waals surface area contributed by atoms with Crippen molar-refractivity contribution in [1.29, 1.82) is 0 Å². The number of nitrogen functional groups attached to an aromatic ring is 1. The van der Waals surface area contributed by atoms with Gasteiger partial charge in [0.2, 0.25) is 0 Å². The maximum absolute atomic E-state index is 11.3. The minimum Gasteiger partial charge on any atom is -0.467 e. The lowest BCUT2D eigenvalue weighted by Crippen LogP contribution is -2.28. The van der Waals surface area contributed by atoms with Crippen molar-refractivity contribution in [2.24, 2.45) is 5.84 Å². The van der Waals surface area contributed by atoms with Gasteiger partial charge in [-0.15, -0.1) is 0 Å². The summed E-state index contributed by atoms with van der Waals surface area (Å²) in [6.07, 6.45) is 0. The smallest absolute Gasteiger partial charge is 0.328 e. The number of carbonyl (C=O) groups is 1. The third kappa shape index (κ3) is 3.82. The van der Waals surface area contributed by atoms with Crippen molar-refractivity contribution in [3.63, 3.8) is 0 Å². The Morgan fingerprint density at radius 3 is 2.67 bits per heavy atom. The molecule has 1 heterocycles. The second-order valence-electron chi connectivity index (χ2n) is 3.52. The summed E-state index contributed by atoms with van der Waals surface area (Å²) >= 11 is 0. The highest BCUT2D eigenvalue weighted by atomic mass is 16.5. The van der Waals surface area contributed by atoms with E-state index in [9.17, 15) is 4.79 Å². The van der Waals surface area contributed by atoms with Crippen LogP contribution in [0.2, 0.25) is 0 Å². The fourth-order valence-corrected chi connectivity index (χ4v) is 1.30. The van der Waals surface area contributed by atoms with Crippen LogP contribution in [0, 0.1) is 0 Å². The van der Waals surface area contributed by atoms with Crippen molar-refractivity contribution in [3.05, 3.63) is 11.9 Å². The van der Waals surface area contributed by atoms with E-state index < -0.39 is 6.04 Å². The van der Waals surface area contributed by atoms with Crippen LogP contribution < -0.4 is 16.6 Å². The maximum Gasteiger partial charge on any atom is 0.328 e. The largest absolute Gasteiger partial charge is 0.467 e. The molecular weight excluding hydrogens is 238 g/mol. The molecule has 1 rings (SSSR count). The predicted molar refractivity (Wildman–Crippen MR) is 65.7 cm³/mol. The van der Waals surface area contributed by atoms with Crippen molar-refractivity contribution in [2.75, 3.05) is 25.0 Å². The second-order valence-corrected chi connectivity index (χ2v) is 3.52. The van der Waals surface area contributed by atoms with Crippen LogP contribution in [0.3, 0.4) is 0 Å². The quantitative estimate of drug-likeness (QED) is 0.366. The molecule has 0 saturated carbocycles. The molecule has 0 amide bonds. The first-order valence-electron chi connectivity index (χ1n) is 5.28. The number of hydrogen-bond acceptors (Lipinski definition) is 8. The molecule has 4 N–H and O–H groups in total. The molecule has 8 heteroatoms. The SMILES string of the molecule is COCc1nc(NN)cc(NC(C)C(=O)OC)n1. The van der Waals surface area contributed by atoms with E-state index in [4.69, 9.17) is 10.6 Å². The Bertz CT molecular complexity index is 412. The van der Waals surface area contributed by atoms with E-state index in [2.05, 4.69) is 25.4 Å². The zero-order chi connectivity index (χ0) is 13.5. The maximum atomic E-state index is 11.3. The second kappa shape index (κ2) is 6.72. The van der Waals surface area contributed by atoms with Crippen molar-refractivity contribution >= 4 is 17.6 Å². The molecule has 0 spiro atoms. The van der Waals surface area contributed by atoms with Gasteiger partial charge < -0.3 is 20.2 Å². The molecule has 1 unspecified atom stereocenters. The highest BCUT2D eigenvalue weighted by molar-refractivity contribution is 5.78. The number of ether oxygens (including phenoxy) is 2. The number of hydrazine groups is 1. The van der Waals surface area contributed by atoms with Crippen molar-refractivity contribution in [2.45, 2.75) is 19.6 Å². The fourth-order valence-electron chi connectivity index (χ4n) is 1.30. The number of methoxy groups -OCH3 is 2. The molecule has 1 aromatic rings. The molecule has 0 bridgehead atoms. The summed E-state index contributed by atoms with van der Waals surface area (Å²) in [5.41, 5.74) is 2.42. The molecule has 0 fully saturated rings. The number of hydrogen-bond donors (Lipinski definition) is 3. The molecule has 0 saturated heterocycles. The average Bonchev–Trinajstić information content (AvgIpc) is 2.37. The van der Waals surface area contributed by atoms with Gasteiger partial charge in [0.25, 0.3) is 0 Å². The van der Waals surface area contributed by atoms with Crippen LogP contribution in [0.5, 0.6) is 0 Å².